The molecule has 0 bridgehead atoms. The second kappa shape index (κ2) is 11.2. The van der Waals surface area contributed by atoms with Gasteiger partial charge in [-0.1, -0.05) is 17.7 Å². The second-order valence-corrected chi connectivity index (χ2v) is 11.6. The van der Waals surface area contributed by atoms with Crippen molar-refractivity contribution in [1.29, 1.82) is 0 Å². The number of fused-ring (bicyclic) bond motifs is 1. The number of halogens is 3. The third-order valence-electron chi connectivity index (χ3n) is 6.86. The highest BCUT2D eigenvalue weighted by molar-refractivity contribution is 6.33. The van der Waals surface area contributed by atoms with Crippen LogP contribution in [-0.2, 0) is 4.74 Å². The lowest BCUT2D eigenvalue weighted by Gasteiger charge is -2.36. The number of aromatic amines is 1. The molecule has 1 saturated heterocycles. The van der Waals surface area contributed by atoms with Crippen molar-refractivity contribution < 1.29 is 23.0 Å². The van der Waals surface area contributed by atoms with Crippen molar-refractivity contribution >= 4 is 34.4 Å². The summed E-state index contributed by atoms with van der Waals surface area (Å²) in [4.78, 5) is 26.8. The number of H-pyrrole nitrogens is 1. The van der Waals surface area contributed by atoms with Gasteiger partial charge >= 0.3 is 6.09 Å². The van der Waals surface area contributed by atoms with Crippen LogP contribution in [0.5, 0.6) is 5.75 Å². The number of imidazole rings is 1. The third-order valence-corrected chi connectivity index (χ3v) is 7.15. The van der Waals surface area contributed by atoms with Crippen molar-refractivity contribution in [3.63, 3.8) is 0 Å². The van der Waals surface area contributed by atoms with E-state index in [1.165, 1.54) is 31.4 Å². The van der Waals surface area contributed by atoms with Gasteiger partial charge in [-0.25, -0.2) is 23.5 Å². The number of hydrogen-bond donors (Lipinski definition) is 2. The van der Waals surface area contributed by atoms with Crippen molar-refractivity contribution in [2.45, 2.75) is 52.2 Å². The van der Waals surface area contributed by atoms with Crippen molar-refractivity contribution in [1.82, 2.24) is 20.3 Å². The van der Waals surface area contributed by atoms with Crippen LogP contribution >= 0.6 is 11.6 Å². The van der Waals surface area contributed by atoms with Gasteiger partial charge in [-0.05, 0) is 69.9 Å². The number of nitrogens with zero attached hydrogens (tertiary/aromatic N) is 3. The maximum atomic E-state index is 14.6. The zero-order valence-corrected chi connectivity index (χ0v) is 24.3. The van der Waals surface area contributed by atoms with E-state index in [0.717, 1.165) is 5.56 Å². The molecule has 3 heterocycles. The van der Waals surface area contributed by atoms with E-state index >= 15 is 0 Å². The Kier molecular flexibility index (Phi) is 7.78. The number of rotatable bonds is 5. The van der Waals surface area contributed by atoms with E-state index in [-0.39, 0.29) is 22.8 Å². The molecule has 2 N–H and O–H groups in total. The number of nitrogens with one attached hydrogen (secondary N) is 2. The van der Waals surface area contributed by atoms with Crippen molar-refractivity contribution in [3.05, 3.63) is 58.9 Å². The van der Waals surface area contributed by atoms with Gasteiger partial charge in [0.15, 0.2) is 0 Å². The molecular weight excluding hydrogens is 552 g/mol. The van der Waals surface area contributed by atoms with Crippen molar-refractivity contribution in [2.24, 2.45) is 0 Å². The highest BCUT2D eigenvalue weighted by Crippen LogP contribution is 2.44. The van der Waals surface area contributed by atoms with Gasteiger partial charge in [-0.2, -0.15) is 0 Å². The molecular formula is C30H32ClF2N5O3. The second-order valence-electron chi connectivity index (χ2n) is 11.2. The zero-order chi connectivity index (χ0) is 29.5. The van der Waals surface area contributed by atoms with E-state index in [4.69, 9.17) is 26.1 Å². The van der Waals surface area contributed by atoms with Gasteiger partial charge in [0.1, 0.15) is 39.5 Å². The van der Waals surface area contributed by atoms with E-state index in [1.807, 2.05) is 33.8 Å². The summed E-state index contributed by atoms with van der Waals surface area (Å²) in [7, 11) is 1.45. The van der Waals surface area contributed by atoms with Crippen LogP contribution in [0.25, 0.3) is 33.5 Å². The SMILES string of the molecule is COc1cc(F)cc2[nH]c(-c3c(Cl)ncc(-c4cc(C)cc(F)c4)c3N3CCC(NC(=O)OC(C)(C)C)CC3)nc12. The van der Waals surface area contributed by atoms with Crippen LogP contribution in [0.4, 0.5) is 19.3 Å². The molecule has 1 aliphatic heterocycles. The summed E-state index contributed by atoms with van der Waals surface area (Å²) < 4.78 is 39.6. The molecule has 0 atom stereocenters. The van der Waals surface area contributed by atoms with Gasteiger partial charge in [0.25, 0.3) is 0 Å². The first-order valence-corrected chi connectivity index (χ1v) is 13.7. The molecule has 0 spiro atoms. The first-order valence-electron chi connectivity index (χ1n) is 13.4. The molecule has 2 aromatic carbocycles. The first-order chi connectivity index (χ1) is 19.4. The Morgan fingerprint density at radius 2 is 1.83 bits per heavy atom. The number of ether oxygens (including phenoxy) is 2. The van der Waals surface area contributed by atoms with Gasteiger partial charge in [0.2, 0.25) is 0 Å². The third kappa shape index (κ3) is 6.22. The smallest absolute Gasteiger partial charge is 0.407 e. The van der Waals surface area contributed by atoms with E-state index in [1.54, 1.807) is 6.20 Å². The monoisotopic (exact) mass is 583 g/mol. The highest BCUT2D eigenvalue weighted by Gasteiger charge is 2.29. The molecule has 8 nitrogen and oxygen atoms in total. The average Bonchev–Trinajstić information content (AvgIpc) is 3.30. The minimum Gasteiger partial charge on any atom is -0.494 e. The summed E-state index contributed by atoms with van der Waals surface area (Å²) in [6, 6.07) is 7.32. The van der Waals surface area contributed by atoms with E-state index in [2.05, 4.69) is 20.2 Å². The van der Waals surface area contributed by atoms with Crippen LogP contribution in [-0.4, -0.2) is 52.9 Å². The minimum absolute atomic E-state index is 0.0832. The van der Waals surface area contributed by atoms with Crippen molar-refractivity contribution in [2.75, 3.05) is 25.1 Å². The number of amides is 1. The van der Waals surface area contributed by atoms with E-state index in [0.29, 0.717) is 65.2 Å². The predicted octanol–water partition coefficient (Wildman–Crippen LogP) is 7.03. The fourth-order valence-corrected chi connectivity index (χ4v) is 5.40. The van der Waals surface area contributed by atoms with Crippen LogP contribution < -0.4 is 15.0 Å². The standard InChI is InChI=1S/C30H32ClF2N5O3/c1-16-10-17(12-18(32)11-16)21-15-34-27(31)24(28-36-22-13-19(33)14-23(40-5)25(22)37-28)26(21)38-8-6-20(7-9-38)35-29(39)41-30(2,3)4/h10-15,20H,6-9H2,1-5H3,(H,35,39)(H,36,37). The molecule has 1 fully saturated rings. The number of aromatic nitrogens is 3. The van der Waals surface area contributed by atoms with Crippen LogP contribution in [0, 0.1) is 18.6 Å². The van der Waals surface area contributed by atoms with Gasteiger partial charge in [0, 0.05) is 37.0 Å². The number of carbonyl (C=O) groups excluding carboxylic acids is 1. The lowest BCUT2D eigenvalue weighted by atomic mass is 9.97. The molecule has 216 valence electrons. The number of anilines is 1. The summed E-state index contributed by atoms with van der Waals surface area (Å²) in [6.45, 7) is 8.41. The lowest BCUT2D eigenvalue weighted by molar-refractivity contribution is 0.0497. The van der Waals surface area contributed by atoms with Crippen LogP contribution in [0.3, 0.4) is 0 Å². The number of alkyl carbamates (subject to hydrolysis) is 1. The zero-order valence-electron chi connectivity index (χ0n) is 23.6. The van der Waals surface area contributed by atoms with Crippen LogP contribution in [0.2, 0.25) is 5.15 Å². The van der Waals surface area contributed by atoms with Crippen LogP contribution in [0.15, 0.2) is 36.5 Å². The Labute approximate surface area is 242 Å². The van der Waals surface area contributed by atoms with Crippen molar-refractivity contribution in [3.8, 4) is 28.3 Å². The highest BCUT2D eigenvalue weighted by atomic mass is 35.5. The molecule has 0 aliphatic carbocycles. The summed E-state index contributed by atoms with van der Waals surface area (Å²) in [6.07, 6.45) is 2.45. The Hall–Kier alpha value is -3.92. The van der Waals surface area contributed by atoms with Crippen LogP contribution in [0.1, 0.15) is 39.2 Å². The van der Waals surface area contributed by atoms with Gasteiger partial charge in [-0.15, -0.1) is 0 Å². The normalized spacial score (nSPS) is 14.4. The van der Waals surface area contributed by atoms with E-state index < -0.39 is 17.5 Å². The molecule has 1 amide bonds. The molecule has 0 radical (unpaired) electrons. The maximum absolute atomic E-state index is 14.6. The number of carbonyl (C=O) groups is 1. The Balaban J connectivity index is 1.58. The van der Waals surface area contributed by atoms with Gasteiger partial charge in [-0.3, -0.25) is 0 Å². The topological polar surface area (TPSA) is 92.4 Å². The molecule has 1 aliphatic rings. The number of hydrogen-bond acceptors (Lipinski definition) is 6. The molecule has 4 aromatic rings. The number of benzene rings is 2. The molecule has 11 heteroatoms. The molecule has 0 unspecified atom stereocenters. The average molecular weight is 584 g/mol. The lowest BCUT2D eigenvalue weighted by Crippen LogP contribution is -2.46. The molecule has 0 saturated carbocycles. The summed E-state index contributed by atoms with van der Waals surface area (Å²) in [5, 5.41) is 3.14. The summed E-state index contributed by atoms with van der Waals surface area (Å²) in [5.74, 6) is -0.191. The molecule has 5 rings (SSSR count). The largest absolute Gasteiger partial charge is 0.494 e. The summed E-state index contributed by atoms with van der Waals surface area (Å²) >= 11 is 6.75. The maximum Gasteiger partial charge on any atom is 0.407 e. The molecule has 41 heavy (non-hydrogen) atoms. The minimum atomic E-state index is -0.594. The summed E-state index contributed by atoms with van der Waals surface area (Å²) in [5.41, 5.74) is 3.56. The van der Waals surface area contributed by atoms with Gasteiger partial charge < -0.3 is 24.7 Å². The number of piperidine rings is 1. The number of methoxy groups -OCH3 is 1. The first kappa shape index (κ1) is 28.6. The Morgan fingerprint density at radius 1 is 1.12 bits per heavy atom. The fraction of sp³-hybridized carbons (Fsp3) is 0.367. The molecule has 2 aromatic heterocycles. The Morgan fingerprint density at radius 3 is 2.49 bits per heavy atom. The van der Waals surface area contributed by atoms with Gasteiger partial charge in [0.05, 0.1) is 23.9 Å². The number of pyridine rings is 1. The number of aryl methyl sites for hydroxylation is 1. The quantitative estimate of drug-likeness (QED) is 0.245. The fourth-order valence-electron chi connectivity index (χ4n) is 5.17. The predicted molar refractivity (Wildman–Crippen MR) is 156 cm³/mol. The van der Waals surface area contributed by atoms with E-state index in [9.17, 15) is 13.6 Å². The Bertz CT molecular complexity index is 1590.